The number of benzene rings is 2. The van der Waals surface area contributed by atoms with Crippen molar-refractivity contribution in [1.29, 1.82) is 0 Å². The van der Waals surface area contributed by atoms with Crippen molar-refractivity contribution in [3.8, 4) is 0 Å². The Bertz CT molecular complexity index is 1030. The number of halogens is 2. The number of piperidine rings is 1. The second kappa shape index (κ2) is 7.46. The van der Waals surface area contributed by atoms with Gasteiger partial charge in [-0.3, -0.25) is 4.79 Å². The summed E-state index contributed by atoms with van der Waals surface area (Å²) in [5, 5.41) is 6.59. The van der Waals surface area contributed by atoms with Gasteiger partial charge in [-0.15, -0.1) is 0 Å². The van der Waals surface area contributed by atoms with E-state index in [1.54, 1.807) is 5.01 Å². The number of fused-ring (bicyclic) bond motifs is 2. The van der Waals surface area contributed by atoms with Gasteiger partial charge in [0.2, 0.25) is 5.91 Å². The second-order valence-electron chi connectivity index (χ2n) is 8.30. The predicted octanol–water partition coefficient (Wildman–Crippen LogP) is 4.34. The number of carbonyl (C=O) groups is 1. The number of amides is 1. The van der Waals surface area contributed by atoms with Crippen LogP contribution in [0.5, 0.6) is 0 Å². The SMILES string of the molecule is CN1CCC(C(=O)N2N=C(c3cc(F)ccc3F)SC23CCc2ccccc23)CC1. The molecule has 4 nitrogen and oxygen atoms in total. The first-order chi connectivity index (χ1) is 14.5. The fourth-order valence-corrected chi connectivity index (χ4v) is 6.14. The maximum absolute atomic E-state index is 14.5. The number of thioether (sulfide) groups is 1. The molecule has 0 saturated carbocycles. The highest BCUT2D eigenvalue weighted by molar-refractivity contribution is 8.15. The Morgan fingerprint density at radius 1 is 1.17 bits per heavy atom. The number of nitrogens with zero attached hydrogens (tertiary/aromatic N) is 3. The van der Waals surface area contributed by atoms with Crippen LogP contribution in [0.15, 0.2) is 47.6 Å². The molecular formula is C23H23F2N3OS. The fraction of sp³-hybridized carbons (Fsp3) is 0.391. The van der Waals surface area contributed by atoms with E-state index in [1.807, 2.05) is 18.2 Å². The molecule has 0 radical (unpaired) electrons. The number of likely N-dealkylation sites (tertiary alicyclic amines) is 1. The van der Waals surface area contributed by atoms with Gasteiger partial charge in [0.1, 0.15) is 21.5 Å². The first kappa shape index (κ1) is 19.7. The van der Waals surface area contributed by atoms with Crippen molar-refractivity contribution >= 4 is 22.7 Å². The van der Waals surface area contributed by atoms with Crippen molar-refractivity contribution in [3.05, 3.63) is 70.8 Å². The number of rotatable bonds is 2. The highest BCUT2D eigenvalue weighted by Gasteiger charge is 2.53. The van der Waals surface area contributed by atoms with E-state index in [0.29, 0.717) is 11.5 Å². The second-order valence-corrected chi connectivity index (χ2v) is 9.57. The van der Waals surface area contributed by atoms with Crippen LogP contribution in [-0.4, -0.2) is 41.0 Å². The number of hydrogen-bond acceptors (Lipinski definition) is 4. The summed E-state index contributed by atoms with van der Waals surface area (Å²) in [6.45, 7) is 1.74. The zero-order valence-corrected chi connectivity index (χ0v) is 17.6. The van der Waals surface area contributed by atoms with Crippen LogP contribution >= 0.6 is 11.8 Å². The van der Waals surface area contributed by atoms with E-state index in [2.05, 4.69) is 23.1 Å². The zero-order chi connectivity index (χ0) is 20.9. The summed E-state index contributed by atoms with van der Waals surface area (Å²) < 4.78 is 28.4. The van der Waals surface area contributed by atoms with Crippen LogP contribution in [-0.2, 0) is 16.1 Å². The minimum atomic E-state index is -0.689. The molecule has 5 rings (SSSR count). The lowest BCUT2D eigenvalue weighted by Gasteiger charge is -2.36. The number of carbonyl (C=O) groups excluding carboxylic acids is 1. The lowest BCUT2D eigenvalue weighted by Crippen LogP contribution is -2.45. The molecule has 0 aromatic heterocycles. The minimum Gasteiger partial charge on any atom is -0.306 e. The van der Waals surface area contributed by atoms with E-state index >= 15 is 0 Å². The summed E-state index contributed by atoms with van der Waals surface area (Å²) in [5.74, 6) is -1.17. The Hall–Kier alpha value is -2.25. The van der Waals surface area contributed by atoms with Gasteiger partial charge in [0, 0.05) is 11.5 Å². The van der Waals surface area contributed by atoms with E-state index in [4.69, 9.17) is 0 Å². The summed E-state index contributed by atoms with van der Waals surface area (Å²) in [5.41, 5.74) is 2.34. The molecule has 2 heterocycles. The molecule has 1 atom stereocenters. The minimum absolute atomic E-state index is 0.0147. The Balaban J connectivity index is 1.57. The standard InChI is InChI=1S/C23H23F2N3OS/c1-27-12-9-16(10-13-27)22(29)28-23(11-8-15-4-2-3-5-19(15)23)30-21(26-28)18-14-17(24)6-7-20(18)25/h2-7,14,16H,8-13H2,1H3. The Morgan fingerprint density at radius 2 is 1.93 bits per heavy atom. The lowest BCUT2D eigenvalue weighted by atomic mass is 9.95. The monoisotopic (exact) mass is 427 g/mol. The van der Waals surface area contributed by atoms with Gasteiger partial charge >= 0.3 is 0 Å². The van der Waals surface area contributed by atoms with Crippen molar-refractivity contribution in [2.45, 2.75) is 30.6 Å². The quantitative estimate of drug-likeness (QED) is 0.715. The van der Waals surface area contributed by atoms with E-state index in [1.165, 1.54) is 23.4 Å². The van der Waals surface area contributed by atoms with Crippen LogP contribution in [0.2, 0.25) is 0 Å². The number of hydrazone groups is 1. The smallest absolute Gasteiger partial charge is 0.247 e. The van der Waals surface area contributed by atoms with Gasteiger partial charge < -0.3 is 4.90 Å². The summed E-state index contributed by atoms with van der Waals surface area (Å²) in [4.78, 5) is 15.2. The highest BCUT2D eigenvalue weighted by atomic mass is 32.2. The van der Waals surface area contributed by atoms with Gasteiger partial charge in [0.15, 0.2) is 0 Å². The summed E-state index contributed by atoms with van der Waals surface area (Å²) >= 11 is 1.38. The average Bonchev–Trinajstić information content (AvgIpc) is 3.32. The van der Waals surface area contributed by atoms with Crippen LogP contribution < -0.4 is 0 Å². The van der Waals surface area contributed by atoms with Gasteiger partial charge in [0.25, 0.3) is 0 Å². The summed E-state index contributed by atoms with van der Waals surface area (Å²) in [7, 11) is 2.06. The van der Waals surface area contributed by atoms with Crippen molar-refractivity contribution in [2.24, 2.45) is 11.0 Å². The number of aryl methyl sites for hydroxylation is 1. The lowest BCUT2D eigenvalue weighted by molar-refractivity contribution is -0.140. The van der Waals surface area contributed by atoms with Gasteiger partial charge in [-0.2, -0.15) is 5.10 Å². The molecule has 1 amide bonds. The summed E-state index contributed by atoms with van der Waals surface area (Å²) in [6, 6.07) is 11.4. The summed E-state index contributed by atoms with van der Waals surface area (Å²) in [6.07, 6.45) is 3.11. The van der Waals surface area contributed by atoms with Gasteiger partial charge in [0.05, 0.1) is 0 Å². The topological polar surface area (TPSA) is 35.9 Å². The molecule has 3 aliphatic rings. The molecule has 1 aliphatic carbocycles. The fourth-order valence-electron chi connectivity index (χ4n) is 4.71. The van der Waals surface area contributed by atoms with Crippen LogP contribution in [0.4, 0.5) is 8.78 Å². The molecule has 2 aromatic rings. The van der Waals surface area contributed by atoms with Crippen LogP contribution in [0.1, 0.15) is 36.0 Å². The average molecular weight is 428 g/mol. The van der Waals surface area contributed by atoms with Crippen molar-refractivity contribution in [3.63, 3.8) is 0 Å². The van der Waals surface area contributed by atoms with Crippen LogP contribution in [0.25, 0.3) is 0 Å². The molecule has 2 aliphatic heterocycles. The molecule has 0 N–H and O–H groups in total. The Kier molecular flexibility index (Phi) is 4.90. The molecule has 1 unspecified atom stereocenters. The van der Waals surface area contributed by atoms with E-state index in [0.717, 1.165) is 50.0 Å². The molecule has 7 heteroatoms. The van der Waals surface area contributed by atoms with E-state index < -0.39 is 16.5 Å². The van der Waals surface area contributed by atoms with Crippen molar-refractivity contribution in [1.82, 2.24) is 9.91 Å². The van der Waals surface area contributed by atoms with Gasteiger partial charge in [-0.05, 0) is 75.1 Å². The van der Waals surface area contributed by atoms with Gasteiger partial charge in [-0.25, -0.2) is 13.8 Å². The van der Waals surface area contributed by atoms with E-state index in [9.17, 15) is 13.6 Å². The number of hydrogen-bond donors (Lipinski definition) is 0. The van der Waals surface area contributed by atoms with E-state index in [-0.39, 0.29) is 17.4 Å². The largest absolute Gasteiger partial charge is 0.306 e. The molecule has 156 valence electrons. The zero-order valence-electron chi connectivity index (χ0n) is 16.8. The molecule has 0 bridgehead atoms. The molecule has 1 fully saturated rings. The first-order valence-corrected chi connectivity index (χ1v) is 11.1. The third-order valence-electron chi connectivity index (χ3n) is 6.41. The molecular weight excluding hydrogens is 404 g/mol. The maximum Gasteiger partial charge on any atom is 0.247 e. The van der Waals surface area contributed by atoms with Crippen LogP contribution in [0.3, 0.4) is 0 Å². The third-order valence-corrected chi connectivity index (χ3v) is 7.83. The van der Waals surface area contributed by atoms with Crippen molar-refractivity contribution in [2.75, 3.05) is 20.1 Å². The maximum atomic E-state index is 14.5. The van der Waals surface area contributed by atoms with Crippen LogP contribution in [0, 0.1) is 17.6 Å². The first-order valence-electron chi connectivity index (χ1n) is 10.3. The molecule has 2 aromatic carbocycles. The molecule has 1 saturated heterocycles. The normalized spacial score (nSPS) is 24.4. The third kappa shape index (κ3) is 3.15. The molecule has 30 heavy (non-hydrogen) atoms. The Morgan fingerprint density at radius 3 is 2.73 bits per heavy atom. The molecule has 1 spiro atoms. The highest BCUT2D eigenvalue weighted by Crippen LogP contribution is 2.55. The Labute approximate surface area is 178 Å². The predicted molar refractivity (Wildman–Crippen MR) is 114 cm³/mol. The van der Waals surface area contributed by atoms with Gasteiger partial charge in [-0.1, -0.05) is 36.0 Å². The van der Waals surface area contributed by atoms with Crippen molar-refractivity contribution < 1.29 is 13.6 Å².